The van der Waals surface area contributed by atoms with E-state index in [1.54, 1.807) is 13.8 Å². The minimum atomic E-state index is -3.69. The van der Waals surface area contributed by atoms with E-state index in [2.05, 4.69) is 11.6 Å². The van der Waals surface area contributed by atoms with Gasteiger partial charge in [-0.25, -0.2) is 13.1 Å². The number of sulfonamides is 1. The van der Waals surface area contributed by atoms with E-state index >= 15 is 0 Å². The highest BCUT2D eigenvalue weighted by Crippen LogP contribution is 2.26. The minimum absolute atomic E-state index is 0.0334. The molecule has 0 radical (unpaired) electrons. The van der Waals surface area contributed by atoms with Gasteiger partial charge in [0.1, 0.15) is 16.4 Å². The zero-order chi connectivity index (χ0) is 15.2. The number of rotatable bonds is 9. The second-order valence-corrected chi connectivity index (χ2v) is 6.25. The molecule has 1 heterocycles. The van der Waals surface area contributed by atoms with Crippen LogP contribution in [0.1, 0.15) is 36.8 Å². The first-order valence-electron chi connectivity index (χ1n) is 6.71. The highest BCUT2D eigenvalue weighted by Gasteiger charge is 2.25. The van der Waals surface area contributed by atoms with E-state index in [0.29, 0.717) is 24.5 Å². The summed E-state index contributed by atoms with van der Waals surface area (Å²) in [6.07, 6.45) is 2.00. The molecule has 0 aromatic carbocycles. The molecule has 1 aromatic heterocycles. The fourth-order valence-electron chi connectivity index (χ4n) is 1.91. The lowest BCUT2D eigenvalue weighted by atomic mass is 10.2. The number of aliphatic hydroxyl groups excluding tert-OH is 1. The van der Waals surface area contributed by atoms with E-state index in [9.17, 15) is 13.5 Å². The molecule has 0 aliphatic heterocycles. The van der Waals surface area contributed by atoms with E-state index in [4.69, 9.17) is 9.15 Å². The van der Waals surface area contributed by atoms with E-state index in [1.807, 2.05) is 0 Å². The van der Waals surface area contributed by atoms with Crippen LogP contribution in [0, 0.1) is 13.8 Å². The number of hydrogen-bond acceptors (Lipinski definition) is 5. The number of hydrogen-bond donors (Lipinski definition) is 2. The molecule has 1 rings (SSSR count). The van der Waals surface area contributed by atoms with Gasteiger partial charge >= 0.3 is 0 Å². The van der Waals surface area contributed by atoms with Crippen LogP contribution in [0.3, 0.4) is 0 Å². The van der Waals surface area contributed by atoms with Crippen LogP contribution in [0.15, 0.2) is 9.31 Å². The number of aliphatic hydroxyl groups is 1. The molecule has 0 spiro atoms. The van der Waals surface area contributed by atoms with Crippen LogP contribution in [0.5, 0.6) is 0 Å². The highest BCUT2D eigenvalue weighted by atomic mass is 32.2. The van der Waals surface area contributed by atoms with Gasteiger partial charge < -0.3 is 14.3 Å². The molecular formula is C13H23NO5S. The van der Waals surface area contributed by atoms with Gasteiger partial charge in [0.15, 0.2) is 0 Å². The summed E-state index contributed by atoms with van der Waals surface area (Å²) in [5.74, 6) is 0.704. The Morgan fingerprint density at radius 1 is 1.25 bits per heavy atom. The standard InChI is InChI=1S/C13H23NO5S/c1-4-5-7-18-8-6-14-20(16,17)13-11(3)19-10(2)12(13)9-15/h14-15H,4-9H2,1-3H3. The SMILES string of the molecule is CCCCOCCNS(=O)(=O)c1c(C)oc(C)c1CO. The molecule has 0 saturated carbocycles. The van der Waals surface area contributed by atoms with Crippen molar-refractivity contribution in [3.05, 3.63) is 17.1 Å². The molecule has 0 aliphatic carbocycles. The van der Waals surface area contributed by atoms with Crippen molar-refractivity contribution < 1.29 is 22.7 Å². The summed E-state index contributed by atoms with van der Waals surface area (Å²) in [6.45, 7) is 6.04. The van der Waals surface area contributed by atoms with Gasteiger partial charge in [-0.2, -0.15) is 0 Å². The lowest BCUT2D eigenvalue weighted by Gasteiger charge is -2.08. The fourth-order valence-corrected chi connectivity index (χ4v) is 3.36. The van der Waals surface area contributed by atoms with Crippen LogP contribution in [0.4, 0.5) is 0 Å². The number of unbranched alkanes of at least 4 members (excludes halogenated alkanes) is 1. The Hall–Kier alpha value is -0.890. The molecule has 116 valence electrons. The molecule has 6 nitrogen and oxygen atoms in total. The normalized spacial score (nSPS) is 12.0. The Balaban J connectivity index is 2.65. The Labute approximate surface area is 120 Å². The molecule has 0 atom stereocenters. The van der Waals surface area contributed by atoms with E-state index in [0.717, 1.165) is 12.8 Å². The third kappa shape index (κ3) is 4.31. The van der Waals surface area contributed by atoms with Gasteiger partial charge in [-0.05, 0) is 20.3 Å². The summed E-state index contributed by atoms with van der Waals surface area (Å²) >= 11 is 0. The third-order valence-corrected chi connectivity index (χ3v) is 4.59. The van der Waals surface area contributed by atoms with Crippen molar-refractivity contribution in [1.82, 2.24) is 4.72 Å². The number of ether oxygens (including phenoxy) is 1. The van der Waals surface area contributed by atoms with Gasteiger partial charge in [-0.1, -0.05) is 13.3 Å². The molecule has 1 aromatic rings. The maximum Gasteiger partial charge on any atom is 0.244 e. The monoisotopic (exact) mass is 305 g/mol. The largest absolute Gasteiger partial charge is 0.465 e. The predicted molar refractivity (Wildman–Crippen MR) is 75.0 cm³/mol. The Bertz CT molecular complexity index is 521. The first-order valence-corrected chi connectivity index (χ1v) is 8.19. The van der Waals surface area contributed by atoms with E-state index in [-0.39, 0.29) is 23.8 Å². The first-order chi connectivity index (χ1) is 9.44. The van der Waals surface area contributed by atoms with Gasteiger partial charge in [0.2, 0.25) is 10.0 Å². The lowest BCUT2D eigenvalue weighted by molar-refractivity contribution is 0.136. The van der Waals surface area contributed by atoms with Crippen LogP contribution in [0.25, 0.3) is 0 Å². The molecule has 0 bridgehead atoms. The predicted octanol–water partition coefficient (Wildman–Crippen LogP) is 1.48. The fraction of sp³-hybridized carbons (Fsp3) is 0.692. The van der Waals surface area contributed by atoms with Crippen LogP contribution in [-0.2, 0) is 21.4 Å². The van der Waals surface area contributed by atoms with Crippen LogP contribution >= 0.6 is 0 Å². The third-order valence-electron chi connectivity index (χ3n) is 2.93. The summed E-state index contributed by atoms with van der Waals surface area (Å²) in [7, 11) is -3.69. The minimum Gasteiger partial charge on any atom is -0.465 e. The van der Waals surface area contributed by atoms with Crippen molar-refractivity contribution in [1.29, 1.82) is 0 Å². The molecule has 0 aliphatic rings. The molecule has 0 unspecified atom stereocenters. The van der Waals surface area contributed by atoms with Gasteiger partial charge in [0.25, 0.3) is 0 Å². The van der Waals surface area contributed by atoms with Crippen molar-refractivity contribution in [2.75, 3.05) is 19.8 Å². The average Bonchev–Trinajstić information content (AvgIpc) is 2.68. The molecule has 2 N–H and O–H groups in total. The number of aryl methyl sites for hydroxylation is 2. The highest BCUT2D eigenvalue weighted by molar-refractivity contribution is 7.89. The molecule has 0 amide bonds. The topological polar surface area (TPSA) is 88.8 Å². The van der Waals surface area contributed by atoms with Gasteiger partial charge in [-0.3, -0.25) is 0 Å². The van der Waals surface area contributed by atoms with Gasteiger partial charge in [-0.15, -0.1) is 0 Å². The van der Waals surface area contributed by atoms with Crippen molar-refractivity contribution >= 4 is 10.0 Å². The van der Waals surface area contributed by atoms with Crippen molar-refractivity contribution in [3.8, 4) is 0 Å². The summed E-state index contributed by atoms with van der Waals surface area (Å²) < 4.78 is 37.4. The molecular weight excluding hydrogens is 282 g/mol. The second kappa shape index (κ2) is 7.78. The summed E-state index contributed by atoms with van der Waals surface area (Å²) in [4.78, 5) is 0.0334. The smallest absolute Gasteiger partial charge is 0.244 e. The zero-order valence-electron chi connectivity index (χ0n) is 12.2. The Morgan fingerprint density at radius 2 is 1.95 bits per heavy atom. The van der Waals surface area contributed by atoms with Crippen molar-refractivity contribution in [2.24, 2.45) is 0 Å². The Morgan fingerprint density at radius 3 is 2.55 bits per heavy atom. The lowest BCUT2D eigenvalue weighted by Crippen LogP contribution is -2.28. The molecule has 7 heteroatoms. The molecule has 0 fully saturated rings. The summed E-state index contributed by atoms with van der Waals surface area (Å²) in [5.41, 5.74) is 0.307. The maximum absolute atomic E-state index is 12.2. The van der Waals surface area contributed by atoms with E-state index in [1.165, 1.54) is 0 Å². The summed E-state index contributed by atoms with van der Waals surface area (Å²) in [5, 5.41) is 9.27. The van der Waals surface area contributed by atoms with Crippen LogP contribution < -0.4 is 4.72 Å². The Kier molecular flexibility index (Phi) is 6.67. The summed E-state index contributed by atoms with van der Waals surface area (Å²) in [6, 6.07) is 0. The molecule has 20 heavy (non-hydrogen) atoms. The average molecular weight is 305 g/mol. The van der Waals surface area contributed by atoms with Crippen molar-refractivity contribution in [3.63, 3.8) is 0 Å². The first kappa shape index (κ1) is 17.2. The van der Waals surface area contributed by atoms with E-state index < -0.39 is 10.0 Å². The zero-order valence-corrected chi connectivity index (χ0v) is 13.0. The van der Waals surface area contributed by atoms with Gasteiger partial charge in [0, 0.05) is 18.7 Å². The van der Waals surface area contributed by atoms with Crippen LogP contribution in [-0.4, -0.2) is 33.3 Å². The maximum atomic E-state index is 12.2. The second-order valence-electron chi connectivity index (χ2n) is 4.54. The van der Waals surface area contributed by atoms with Crippen molar-refractivity contribution in [2.45, 2.75) is 45.1 Å². The quantitative estimate of drug-likeness (QED) is 0.675. The molecule has 0 saturated heterocycles. The number of furan rings is 1. The number of nitrogens with one attached hydrogen (secondary N) is 1. The van der Waals surface area contributed by atoms with Crippen LogP contribution in [0.2, 0.25) is 0 Å². The van der Waals surface area contributed by atoms with Gasteiger partial charge in [0.05, 0.1) is 13.2 Å².